The van der Waals surface area contributed by atoms with Crippen molar-refractivity contribution in [3.63, 3.8) is 0 Å². The third kappa shape index (κ3) is 2.11. The fourth-order valence-electron chi connectivity index (χ4n) is 3.10. The molecule has 6 nitrogen and oxygen atoms in total. The first-order valence-corrected chi connectivity index (χ1v) is 8.00. The number of hydrogen-bond acceptors (Lipinski definition) is 4. The Hall–Kier alpha value is -3.54. The van der Waals surface area contributed by atoms with E-state index in [0.717, 1.165) is 44.8 Å². The fraction of sp³-hybridized carbons (Fsp3) is 0.0526. The zero-order valence-corrected chi connectivity index (χ0v) is 13.5. The predicted octanol–water partition coefficient (Wildman–Crippen LogP) is 3.64. The van der Waals surface area contributed by atoms with Crippen molar-refractivity contribution < 1.29 is 0 Å². The van der Waals surface area contributed by atoms with Crippen molar-refractivity contribution >= 4 is 16.6 Å². The fourth-order valence-corrected chi connectivity index (χ4v) is 3.10. The average molecular weight is 326 g/mol. The summed E-state index contributed by atoms with van der Waals surface area (Å²) < 4.78 is 1.98. The summed E-state index contributed by atoms with van der Waals surface area (Å²) in [7, 11) is 0. The van der Waals surface area contributed by atoms with Crippen LogP contribution in [0.1, 0.15) is 5.69 Å². The number of aryl methyl sites for hydroxylation is 1. The van der Waals surface area contributed by atoms with Crippen LogP contribution in [0.5, 0.6) is 0 Å². The van der Waals surface area contributed by atoms with Crippen molar-refractivity contribution in [2.75, 3.05) is 0 Å². The maximum Gasteiger partial charge on any atom is 0.171 e. The molecule has 0 unspecified atom stereocenters. The first-order chi connectivity index (χ1) is 12.3. The molecule has 1 aromatic carbocycles. The van der Waals surface area contributed by atoms with Gasteiger partial charge < -0.3 is 0 Å². The van der Waals surface area contributed by atoms with E-state index in [2.05, 4.69) is 43.6 Å². The van der Waals surface area contributed by atoms with Crippen molar-refractivity contribution in [3.8, 4) is 22.5 Å². The van der Waals surface area contributed by atoms with Gasteiger partial charge in [-0.3, -0.25) is 14.5 Å². The molecule has 5 aromatic rings. The van der Waals surface area contributed by atoms with E-state index < -0.39 is 0 Å². The summed E-state index contributed by atoms with van der Waals surface area (Å²) in [6.45, 7) is 1.97. The minimum absolute atomic E-state index is 0.772. The molecule has 0 atom stereocenters. The minimum atomic E-state index is 0.772. The van der Waals surface area contributed by atoms with E-state index in [4.69, 9.17) is 0 Å². The molecule has 0 amide bonds. The van der Waals surface area contributed by atoms with Crippen LogP contribution in [0, 0.1) is 6.92 Å². The molecule has 0 saturated heterocycles. The third-order valence-electron chi connectivity index (χ3n) is 4.41. The third-order valence-corrected chi connectivity index (χ3v) is 4.41. The zero-order valence-electron chi connectivity index (χ0n) is 13.5. The highest BCUT2D eigenvalue weighted by molar-refractivity contribution is 5.94. The highest BCUT2D eigenvalue weighted by Gasteiger charge is 2.14. The second kappa shape index (κ2) is 5.24. The van der Waals surface area contributed by atoms with Gasteiger partial charge >= 0.3 is 0 Å². The summed E-state index contributed by atoms with van der Waals surface area (Å²) in [5.41, 5.74) is 5.78. The standard InChI is InChI=1S/C19H14N6/c1-12-16(11-21-22-12)19-24-23-18-15-9-14(13-5-3-2-4-6-13)10-20-17(15)7-8-25(18)19/h2-11H,1H3,(H,21,22). The number of aromatic nitrogens is 6. The molecule has 0 aliphatic rings. The molecule has 0 saturated carbocycles. The Bertz CT molecular complexity index is 1200. The average Bonchev–Trinajstić information content (AvgIpc) is 3.27. The highest BCUT2D eigenvalue weighted by atomic mass is 15.3. The maximum absolute atomic E-state index is 4.60. The quantitative estimate of drug-likeness (QED) is 0.537. The number of aromatic amines is 1. The summed E-state index contributed by atoms with van der Waals surface area (Å²) in [6.07, 6.45) is 5.62. The normalized spacial score (nSPS) is 11.4. The van der Waals surface area contributed by atoms with E-state index in [9.17, 15) is 0 Å². The number of benzene rings is 1. The van der Waals surface area contributed by atoms with E-state index in [1.165, 1.54) is 0 Å². The number of H-pyrrole nitrogens is 1. The second-order valence-corrected chi connectivity index (χ2v) is 5.96. The van der Waals surface area contributed by atoms with Crippen LogP contribution < -0.4 is 0 Å². The molecule has 0 fully saturated rings. The molecule has 0 aliphatic heterocycles. The molecule has 0 radical (unpaired) electrons. The van der Waals surface area contributed by atoms with Gasteiger partial charge in [0.2, 0.25) is 0 Å². The van der Waals surface area contributed by atoms with Crippen molar-refractivity contribution in [1.29, 1.82) is 0 Å². The van der Waals surface area contributed by atoms with Crippen molar-refractivity contribution in [3.05, 3.63) is 66.7 Å². The predicted molar refractivity (Wildman–Crippen MR) is 96.0 cm³/mol. The van der Waals surface area contributed by atoms with Crippen molar-refractivity contribution in [2.45, 2.75) is 6.92 Å². The molecule has 1 N–H and O–H groups in total. The van der Waals surface area contributed by atoms with Gasteiger partial charge in [-0.15, -0.1) is 10.2 Å². The lowest BCUT2D eigenvalue weighted by Gasteiger charge is -2.05. The van der Waals surface area contributed by atoms with E-state index in [1.54, 1.807) is 6.20 Å². The Labute approximate surface area is 143 Å². The van der Waals surface area contributed by atoms with Crippen LogP contribution in [-0.2, 0) is 0 Å². The molecule has 25 heavy (non-hydrogen) atoms. The molecule has 4 aromatic heterocycles. The van der Waals surface area contributed by atoms with Crippen molar-refractivity contribution in [2.24, 2.45) is 0 Å². The van der Waals surface area contributed by atoms with Gasteiger partial charge in [-0.25, -0.2) is 0 Å². The first-order valence-electron chi connectivity index (χ1n) is 8.00. The Morgan fingerprint density at radius 2 is 1.84 bits per heavy atom. The minimum Gasteiger partial charge on any atom is -0.282 e. The van der Waals surface area contributed by atoms with Gasteiger partial charge in [0.05, 0.1) is 17.3 Å². The largest absolute Gasteiger partial charge is 0.282 e. The van der Waals surface area contributed by atoms with Crippen molar-refractivity contribution in [1.82, 2.24) is 29.8 Å². The number of rotatable bonds is 2. The highest BCUT2D eigenvalue weighted by Crippen LogP contribution is 2.27. The summed E-state index contributed by atoms with van der Waals surface area (Å²) in [4.78, 5) is 4.60. The van der Waals surface area contributed by atoms with Crippen LogP contribution in [-0.4, -0.2) is 29.8 Å². The Balaban J connectivity index is 1.77. The number of fused-ring (bicyclic) bond motifs is 3. The number of hydrogen-bond donors (Lipinski definition) is 1. The topological polar surface area (TPSA) is 71.8 Å². The lowest BCUT2D eigenvalue weighted by molar-refractivity contribution is 1.04. The molecule has 0 spiro atoms. The monoisotopic (exact) mass is 326 g/mol. The van der Waals surface area contributed by atoms with Gasteiger partial charge in [0.15, 0.2) is 11.5 Å². The van der Waals surface area contributed by atoms with Gasteiger partial charge in [0.1, 0.15) is 0 Å². The number of pyridine rings is 2. The molecule has 120 valence electrons. The lowest BCUT2D eigenvalue weighted by Crippen LogP contribution is -1.92. The zero-order chi connectivity index (χ0) is 16.8. The number of nitrogens with one attached hydrogen (secondary N) is 1. The second-order valence-electron chi connectivity index (χ2n) is 5.96. The van der Waals surface area contributed by atoms with E-state index in [1.807, 2.05) is 48.0 Å². The Morgan fingerprint density at radius 1 is 0.960 bits per heavy atom. The van der Waals surface area contributed by atoms with Crippen LogP contribution in [0.4, 0.5) is 0 Å². The van der Waals surface area contributed by atoms with Gasteiger partial charge in [-0.05, 0) is 24.6 Å². The van der Waals surface area contributed by atoms with Crippen LogP contribution in [0.2, 0.25) is 0 Å². The summed E-state index contributed by atoms with van der Waals surface area (Å²) >= 11 is 0. The number of nitrogens with zero attached hydrogens (tertiary/aromatic N) is 5. The smallest absolute Gasteiger partial charge is 0.171 e. The van der Waals surface area contributed by atoms with Crippen LogP contribution in [0.3, 0.4) is 0 Å². The Morgan fingerprint density at radius 3 is 2.64 bits per heavy atom. The van der Waals surface area contributed by atoms with Gasteiger partial charge in [0.25, 0.3) is 0 Å². The van der Waals surface area contributed by atoms with Crippen LogP contribution >= 0.6 is 0 Å². The molecule has 0 bridgehead atoms. The molecule has 5 rings (SSSR count). The first kappa shape index (κ1) is 13.9. The van der Waals surface area contributed by atoms with Gasteiger partial charge in [-0.1, -0.05) is 30.3 Å². The summed E-state index contributed by atoms with van der Waals surface area (Å²) in [5.74, 6) is 0.772. The molecule has 0 aliphatic carbocycles. The van der Waals surface area contributed by atoms with Crippen LogP contribution in [0.25, 0.3) is 39.1 Å². The van der Waals surface area contributed by atoms with E-state index >= 15 is 0 Å². The van der Waals surface area contributed by atoms with E-state index in [-0.39, 0.29) is 0 Å². The summed E-state index contributed by atoms with van der Waals surface area (Å²) in [6, 6.07) is 14.3. The lowest BCUT2D eigenvalue weighted by atomic mass is 10.1. The summed E-state index contributed by atoms with van der Waals surface area (Å²) in [5, 5.41) is 16.8. The van der Waals surface area contributed by atoms with Gasteiger partial charge in [0, 0.05) is 29.0 Å². The molecular formula is C19H14N6. The Kier molecular flexibility index (Phi) is 2.90. The maximum atomic E-state index is 4.60. The molecule has 4 heterocycles. The van der Waals surface area contributed by atoms with Gasteiger partial charge in [-0.2, -0.15) is 5.10 Å². The SMILES string of the molecule is Cc1[nH]ncc1-c1nnc2c3cc(-c4ccccc4)cnc3ccn12. The molecular weight excluding hydrogens is 312 g/mol. The molecule has 6 heteroatoms. The van der Waals surface area contributed by atoms with E-state index in [0.29, 0.717) is 0 Å². The van der Waals surface area contributed by atoms with Crippen LogP contribution in [0.15, 0.2) is 61.1 Å².